The molecule has 1 N–H and O–H groups in total. The van der Waals surface area contributed by atoms with Gasteiger partial charge in [-0.15, -0.1) is 4.91 Å². The lowest BCUT2D eigenvalue weighted by Crippen LogP contribution is -2.43. The van der Waals surface area contributed by atoms with Gasteiger partial charge in [0.05, 0.1) is 6.10 Å². The van der Waals surface area contributed by atoms with Crippen LogP contribution in [-0.2, 0) is 5.54 Å². The molecule has 0 aliphatic heterocycles. The first-order valence-corrected chi connectivity index (χ1v) is 6.71. The summed E-state index contributed by atoms with van der Waals surface area (Å²) < 4.78 is 0. The maximum absolute atomic E-state index is 11.5. The molecule has 0 bridgehead atoms. The summed E-state index contributed by atoms with van der Waals surface area (Å²) in [5.41, 5.74) is -0.207. The fourth-order valence-corrected chi connectivity index (χ4v) is 2.68. The molecule has 0 aliphatic carbocycles. The maximum atomic E-state index is 11.5. The maximum Gasteiger partial charge on any atom is 0.156 e. The van der Waals surface area contributed by atoms with E-state index in [0.717, 1.165) is 18.4 Å². The van der Waals surface area contributed by atoms with Crippen LogP contribution in [0.3, 0.4) is 0 Å². The quantitative estimate of drug-likeness (QED) is 0.746. The molecule has 0 aliphatic rings. The fraction of sp³-hybridized carbons (Fsp3) is 0.600. The van der Waals surface area contributed by atoms with Gasteiger partial charge >= 0.3 is 0 Å². The standard InChI is InChI=1S/C15H23NO2/c1-4-9-12(3)15(16-18,14(17)5-2)13-10-7-6-8-11-13/h6-8,10-12,14,17H,4-5,9H2,1-3H3/t12?,14?,15-/m0/s1. The van der Waals surface area contributed by atoms with Gasteiger partial charge in [0.1, 0.15) is 0 Å². The molecule has 2 unspecified atom stereocenters. The van der Waals surface area contributed by atoms with Gasteiger partial charge in [0.2, 0.25) is 0 Å². The number of aliphatic hydroxyl groups excluding tert-OH is 1. The summed E-state index contributed by atoms with van der Waals surface area (Å²) in [6.45, 7) is 5.96. The normalized spacial score (nSPS) is 17.8. The highest BCUT2D eigenvalue weighted by molar-refractivity contribution is 5.27. The van der Waals surface area contributed by atoms with Crippen LogP contribution in [0.25, 0.3) is 0 Å². The average Bonchev–Trinajstić information content (AvgIpc) is 2.41. The molecule has 3 nitrogen and oxygen atoms in total. The third-order valence-electron chi connectivity index (χ3n) is 3.75. The molecule has 1 aromatic rings. The Balaban J connectivity index is 3.26. The van der Waals surface area contributed by atoms with Crippen molar-refractivity contribution in [1.82, 2.24) is 0 Å². The van der Waals surface area contributed by atoms with E-state index in [4.69, 9.17) is 0 Å². The van der Waals surface area contributed by atoms with Crippen LogP contribution in [0.4, 0.5) is 0 Å². The highest BCUT2D eigenvalue weighted by Gasteiger charge is 2.45. The van der Waals surface area contributed by atoms with Crippen LogP contribution < -0.4 is 0 Å². The minimum Gasteiger partial charge on any atom is -0.390 e. The first kappa shape index (κ1) is 14.8. The molecule has 18 heavy (non-hydrogen) atoms. The minimum atomic E-state index is -1.02. The molecule has 0 saturated carbocycles. The Morgan fingerprint density at radius 1 is 1.28 bits per heavy atom. The van der Waals surface area contributed by atoms with Crippen molar-refractivity contribution in [1.29, 1.82) is 0 Å². The van der Waals surface area contributed by atoms with Crippen LogP contribution in [0.15, 0.2) is 35.5 Å². The van der Waals surface area contributed by atoms with Crippen molar-refractivity contribution in [3.8, 4) is 0 Å². The number of hydrogen-bond donors (Lipinski definition) is 1. The van der Waals surface area contributed by atoms with Crippen LogP contribution in [0.1, 0.15) is 45.6 Å². The van der Waals surface area contributed by atoms with Gasteiger partial charge in [0.15, 0.2) is 5.54 Å². The lowest BCUT2D eigenvalue weighted by Gasteiger charge is -2.36. The summed E-state index contributed by atoms with van der Waals surface area (Å²) in [4.78, 5) is 11.5. The number of benzene rings is 1. The first-order valence-electron chi connectivity index (χ1n) is 6.71. The Labute approximate surface area is 109 Å². The monoisotopic (exact) mass is 249 g/mol. The number of rotatable bonds is 7. The molecule has 0 heterocycles. The topological polar surface area (TPSA) is 49.7 Å². The van der Waals surface area contributed by atoms with Gasteiger partial charge in [0, 0.05) is 0 Å². The predicted octanol–water partition coefficient (Wildman–Crippen LogP) is 3.86. The van der Waals surface area contributed by atoms with E-state index in [9.17, 15) is 10.0 Å². The zero-order chi connectivity index (χ0) is 13.6. The molecule has 0 amide bonds. The smallest absolute Gasteiger partial charge is 0.156 e. The third kappa shape index (κ3) is 2.61. The minimum absolute atomic E-state index is 0.0253. The van der Waals surface area contributed by atoms with Crippen LogP contribution >= 0.6 is 0 Å². The second kappa shape index (κ2) is 6.64. The summed E-state index contributed by atoms with van der Waals surface area (Å²) in [6.07, 6.45) is 1.63. The molecule has 0 radical (unpaired) electrons. The number of aliphatic hydroxyl groups is 1. The molecule has 1 rings (SSSR count). The Kier molecular flexibility index (Phi) is 5.48. The molecular weight excluding hydrogens is 226 g/mol. The fourth-order valence-electron chi connectivity index (χ4n) is 2.68. The van der Waals surface area contributed by atoms with E-state index in [1.165, 1.54) is 0 Å². The van der Waals surface area contributed by atoms with Crippen LogP contribution in [0, 0.1) is 10.8 Å². The van der Waals surface area contributed by atoms with Crippen LogP contribution in [-0.4, -0.2) is 11.2 Å². The summed E-state index contributed by atoms with van der Waals surface area (Å²) in [7, 11) is 0. The SMILES string of the molecule is CCCC(C)[C@](N=O)(c1ccccc1)C(O)CC. The molecule has 0 fully saturated rings. The van der Waals surface area contributed by atoms with Crippen molar-refractivity contribution in [3.05, 3.63) is 40.8 Å². The van der Waals surface area contributed by atoms with Gasteiger partial charge in [-0.1, -0.05) is 62.7 Å². The lowest BCUT2D eigenvalue weighted by atomic mass is 9.73. The molecule has 0 saturated heterocycles. The molecule has 0 spiro atoms. The van der Waals surface area contributed by atoms with E-state index < -0.39 is 11.6 Å². The van der Waals surface area contributed by atoms with Gasteiger partial charge < -0.3 is 5.11 Å². The van der Waals surface area contributed by atoms with Gasteiger partial charge in [-0.05, 0) is 24.3 Å². The van der Waals surface area contributed by atoms with Crippen LogP contribution in [0.2, 0.25) is 0 Å². The van der Waals surface area contributed by atoms with Crippen molar-refractivity contribution in [2.45, 2.75) is 51.7 Å². The van der Waals surface area contributed by atoms with E-state index in [2.05, 4.69) is 12.1 Å². The second-order valence-corrected chi connectivity index (χ2v) is 4.90. The number of nitrogens with zero attached hydrogens (tertiary/aromatic N) is 1. The second-order valence-electron chi connectivity index (χ2n) is 4.90. The number of hydrogen-bond acceptors (Lipinski definition) is 3. The van der Waals surface area contributed by atoms with E-state index in [0.29, 0.717) is 6.42 Å². The van der Waals surface area contributed by atoms with E-state index in [1.54, 1.807) is 0 Å². The Hall–Kier alpha value is -1.22. The van der Waals surface area contributed by atoms with E-state index in [1.807, 2.05) is 44.2 Å². The van der Waals surface area contributed by atoms with Crippen molar-refractivity contribution >= 4 is 0 Å². The number of nitroso groups, excluding NO2 is 1. The molecule has 3 atom stereocenters. The van der Waals surface area contributed by atoms with Gasteiger partial charge in [0.25, 0.3) is 0 Å². The van der Waals surface area contributed by atoms with Gasteiger partial charge in [-0.3, -0.25) is 0 Å². The predicted molar refractivity (Wildman–Crippen MR) is 74.3 cm³/mol. The molecule has 3 heteroatoms. The highest BCUT2D eigenvalue weighted by atomic mass is 16.3. The largest absolute Gasteiger partial charge is 0.390 e. The van der Waals surface area contributed by atoms with E-state index in [-0.39, 0.29) is 5.92 Å². The van der Waals surface area contributed by atoms with Crippen molar-refractivity contribution < 1.29 is 5.11 Å². The third-order valence-corrected chi connectivity index (χ3v) is 3.75. The Morgan fingerprint density at radius 2 is 1.89 bits per heavy atom. The molecule has 100 valence electrons. The zero-order valence-corrected chi connectivity index (χ0v) is 11.5. The van der Waals surface area contributed by atoms with Gasteiger partial charge in [-0.2, -0.15) is 0 Å². The Bertz CT molecular complexity index is 366. The van der Waals surface area contributed by atoms with Crippen molar-refractivity contribution in [2.24, 2.45) is 11.1 Å². The average molecular weight is 249 g/mol. The molecule has 1 aromatic carbocycles. The van der Waals surface area contributed by atoms with Crippen molar-refractivity contribution in [2.75, 3.05) is 0 Å². The van der Waals surface area contributed by atoms with Gasteiger partial charge in [-0.25, -0.2) is 0 Å². The van der Waals surface area contributed by atoms with E-state index >= 15 is 0 Å². The highest BCUT2D eigenvalue weighted by Crippen LogP contribution is 2.40. The van der Waals surface area contributed by atoms with Crippen molar-refractivity contribution in [3.63, 3.8) is 0 Å². The Morgan fingerprint density at radius 3 is 2.33 bits per heavy atom. The van der Waals surface area contributed by atoms with Crippen LogP contribution in [0.5, 0.6) is 0 Å². The lowest BCUT2D eigenvalue weighted by molar-refractivity contribution is 0.0426. The molecule has 0 aromatic heterocycles. The first-order chi connectivity index (χ1) is 8.63. The summed E-state index contributed by atoms with van der Waals surface area (Å²) in [6, 6.07) is 9.44. The summed E-state index contributed by atoms with van der Waals surface area (Å²) >= 11 is 0. The zero-order valence-electron chi connectivity index (χ0n) is 11.5. The molecular formula is C15H23NO2. The summed E-state index contributed by atoms with van der Waals surface area (Å²) in [5.74, 6) is 0.0253. The summed E-state index contributed by atoms with van der Waals surface area (Å²) in [5, 5.41) is 13.7.